The van der Waals surface area contributed by atoms with Crippen molar-refractivity contribution in [3.05, 3.63) is 12.3 Å². The van der Waals surface area contributed by atoms with Crippen molar-refractivity contribution in [3.63, 3.8) is 0 Å². The molecule has 0 unspecified atom stereocenters. The fraction of sp³-hybridized carbons (Fsp3) is 0.800. The molecule has 1 fully saturated rings. The fourth-order valence-electron chi connectivity index (χ4n) is 1.69. The van der Waals surface area contributed by atoms with Gasteiger partial charge < -0.3 is 10.2 Å². The summed E-state index contributed by atoms with van der Waals surface area (Å²) in [6.45, 7) is 9.51. The Balaban J connectivity index is 2.35. The molecular weight excluding hydrogens is 148 g/mol. The first kappa shape index (κ1) is 9.59. The van der Waals surface area contributed by atoms with Crippen molar-refractivity contribution in [1.82, 2.24) is 10.2 Å². The quantitative estimate of drug-likeness (QED) is 0.673. The molecule has 0 aliphatic carbocycles. The number of hydrogen-bond donors (Lipinski definition) is 1. The molecule has 1 rings (SSSR count). The molecule has 2 heteroatoms. The molecule has 0 spiro atoms. The highest BCUT2D eigenvalue weighted by Gasteiger charge is 2.18. The van der Waals surface area contributed by atoms with Gasteiger partial charge in [0.25, 0.3) is 0 Å². The predicted octanol–water partition coefficient (Wildman–Crippen LogP) is 1.59. The van der Waals surface area contributed by atoms with Crippen LogP contribution in [-0.2, 0) is 0 Å². The summed E-state index contributed by atoms with van der Waals surface area (Å²) in [6.07, 6.45) is 2.38. The normalized spacial score (nSPS) is 25.2. The van der Waals surface area contributed by atoms with Crippen LogP contribution in [0.2, 0.25) is 0 Å². The third-order valence-corrected chi connectivity index (χ3v) is 2.38. The number of nitrogens with one attached hydrogen (secondary N) is 1. The van der Waals surface area contributed by atoms with Crippen molar-refractivity contribution in [1.29, 1.82) is 0 Å². The van der Waals surface area contributed by atoms with Crippen molar-refractivity contribution in [2.75, 3.05) is 13.6 Å². The fourth-order valence-corrected chi connectivity index (χ4v) is 1.69. The van der Waals surface area contributed by atoms with Crippen LogP contribution in [0.4, 0.5) is 0 Å². The summed E-state index contributed by atoms with van der Waals surface area (Å²) < 4.78 is 0. The van der Waals surface area contributed by atoms with Gasteiger partial charge in [0, 0.05) is 31.4 Å². The van der Waals surface area contributed by atoms with Gasteiger partial charge in [0.05, 0.1) is 0 Å². The Labute approximate surface area is 75.6 Å². The Bertz CT molecular complexity index is 163. The lowest BCUT2D eigenvalue weighted by atomic mass is 10.0. The maximum absolute atomic E-state index is 4.01. The van der Waals surface area contributed by atoms with E-state index >= 15 is 0 Å². The largest absolute Gasteiger partial charge is 0.377 e. The minimum absolute atomic E-state index is 0.592. The summed E-state index contributed by atoms with van der Waals surface area (Å²) >= 11 is 0. The number of hydrogen-bond acceptors (Lipinski definition) is 2. The zero-order chi connectivity index (χ0) is 9.14. The number of piperidine rings is 1. The van der Waals surface area contributed by atoms with Gasteiger partial charge in [-0.25, -0.2) is 0 Å². The average molecular weight is 168 g/mol. The van der Waals surface area contributed by atoms with E-state index in [1.165, 1.54) is 12.1 Å². The predicted molar refractivity (Wildman–Crippen MR) is 53.1 cm³/mol. The first-order valence-corrected chi connectivity index (χ1v) is 4.74. The van der Waals surface area contributed by atoms with E-state index in [-0.39, 0.29) is 0 Å². The van der Waals surface area contributed by atoms with Crippen LogP contribution in [0.25, 0.3) is 0 Å². The van der Waals surface area contributed by atoms with Gasteiger partial charge in [-0.05, 0) is 12.8 Å². The highest BCUT2D eigenvalue weighted by molar-refractivity contribution is 4.99. The summed E-state index contributed by atoms with van der Waals surface area (Å²) in [4.78, 5) is 2.25. The van der Waals surface area contributed by atoms with Gasteiger partial charge in [0.1, 0.15) is 0 Å². The summed E-state index contributed by atoms with van der Waals surface area (Å²) in [5.41, 5.74) is 1.27. The van der Waals surface area contributed by atoms with Crippen molar-refractivity contribution < 1.29 is 0 Å². The third kappa shape index (κ3) is 2.52. The Morgan fingerprint density at radius 2 is 2.25 bits per heavy atom. The molecule has 1 aliphatic heterocycles. The lowest BCUT2D eigenvalue weighted by Crippen LogP contribution is -2.45. The second kappa shape index (κ2) is 3.94. The van der Waals surface area contributed by atoms with Gasteiger partial charge in [-0.15, -0.1) is 0 Å². The molecule has 0 amide bonds. The van der Waals surface area contributed by atoms with Crippen LogP contribution in [0.15, 0.2) is 12.3 Å². The van der Waals surface area contributed by atoms with Gasteiger partial charge >= 0.3 is 0 Å². The molecule has 1 N–H and O–H groups in total. The van der Waals surface area contributed by atoms with Gasteiger partial charge in [-0.3, -0.25) is 0 Å². The zero-order valence-corrected chi connectivity index (χ0v) is 8.43. The van der Waals surface area contributed by atoms with Crippen LogP contribution < -0.4 is 5.32 Å². The van der Waals surface area contributed by atoms with E-state index in [0.717, 1.165) is 13.0 Å². The lowest BCUT2D eigenvalue weighted by molar-refractivity contribution is 0.271. The van der Waals surface area contributed by atoms with Crippen LogP contribution in [-0.4, -0.2) is 30.6 Å². The van der Waals surface area contributed by atoms with E-state index < -0.39 is 0 Å². The number of allylic oxidation sites excluding steroid dienone is 1. The smallest absolute Gasteiger partial charge is 0.0325 e. The molecule has 70 valence electrons. The minimum atomic E-state index is 0.592. The second-order valence-corrected chi connectivity index (χ2v) is 4.00. The molecular formula is C10H20N2. The van der Waals surface area contributed by atoms with E-state index in [4.69, 9.17) is 0 Å². The molecule has 0 saturated carbocycles. The summed E-state index contributed by atoms with van der Waals surface area (Å²) in [6, 6.07) is 1.25. The van der Waals surface area contributed by atoms with Gasteiger partial charge in [0.2, 0.25) is 0 Å². The molecule has 12 heavy (non-hydrogen) atoms. The summed E-state index contributed by atoms with van der Waals surface area (Å²) in [5.74, 6) is 0. The van der Waals surface area contributed by atoms with E-state index in [2.05, 4.69) is 37.7 Å². The molecule has 1 aliphatic rings. The Morgan fingerprint density at radius 3 is 2.75 bits per heavy atom. The Kier molecular flexibility index (Phi) is 3.15. The Morgan fingerprint density at radius 1 is 1.58 bits per heavy atom. The molecule has 0 aromatic heterocycles. The van der Waals surface area contributed by atoms with Crippen LogP contribution in [0.5, 0.6) is 0 Å². The standard InChI is InChI=1S/C10H20N2/c1-8(2)11-10-6-5-9(3)12(4)7-10/h8,10-11H,3,5-7H2,1-2,4H3/t10-/m0/s1. The second-order valence-electron chi connectivity index (χ2n) is 4.00. The van der Waals surface area contributed by atoms with Crippen LogP contribution >= 0.6 is 0 Å². The molecule has 0 bridgehead atoms. The molecule has 2 nitrogen and oxygen atoms in total. The van der Waals surface area contributed by atoms with Crippen LogP contribution in [0.3, 0.4) is 0 Å². The highest BCUT2D eigenvalue weighted by Crippen LogP contribution is 2.17. The van der Waals surface area contributed by atoms with Crippen molar-refractivity contribution in [2.24, 2.45) is 0 Å². The highest BCUT2D eigenvalue weighted by atomic mass is 15.2. The molecule has 1 saturated heterocycles. The average Bonchev–Trinajstić information content (AvgIpc) is 1.96. The van der Waals surface area contributed by atoms with Crippen LogP contribution in [0, 0.1) is 0 Å². The topological polar surface area (TPSA) is 15.3 Å². The lowest BCUT2D eigenvalue weighted by Gasteiger charge is -2.34. The first-order valence-electron chi connectivity index (χ1n) is 4.74. The van der Waals surface area contributed by atoms with Gasteiger partial charge in [-0.2, -0.15) is 0 Å². The molecule has 0 aromatic rings. The first-order chi connectivity index (χ1) is 5.59. The third-order valence-electron chi connectivity index (χ3n) is 2.38. The zero-order valence-electron chi connectivity index (χ0n) is 8.43. The summed E-state index contributed by atoms with van der Waals surface area (Å²) in [7, 11) is 2.12. The van der Waals surface area contributed by atoms with Gasteiger partial charge in [-0.1, -0.05) is 20.4 Å². The maximum atomic E-state index is 4.01. The molecule has 1 heterocycles. The number of likely N-dealkylation sites (N-methyl/N-ethyl adjacent to an activating group) is 1. The van der Waals surface area contributed by atoms with Crippen molar-refractivity contribution >= 4 is 0 Å². The minimum Gasteiger partial charge on any atom is -0.377 e. The monoisotopic (exact) mass is 168 g/mol. The van der Waals surface area contributed by atoms with Crippen molar-refractivity contribution in [2.45, 2.75) is 38.8 Å². The summed E-state index contributed by atoms with van der Waals surface area (Å²) in [5, 5.41) is 3.55. The molecule has 0 aromatic carbocycles. The number of likely N-dealkylation sites (tertiary alicyclic amines) is 1. The van der Waals surface area contributed by atoms with Crippen molar-refractivity contribution in [3.8, 4) is 0 Å². The van der Waals surface area contributed by atoms with E-state index in [0.29, 0.717) is 12.1 Å². The van der Waals surface area contributed by atoms with Gasteiger partial charge in [0.15, 0.2) is 0 Å². The van der Waals surface area contributed by atoms with E-state index in [9.17, 15) is 0 Å². The maximum Gasteiger partial charge on any atom is 0.0325 e. The number of rotatable bonds is 2. The Hall–Kier alpha value is -0.500. The van der Waals surface area contributed by atoms with E-state index in [1.54, 1.807) is 0 Å². The molecule has 0 radical (unpaired) electrons. The van der Waals surface area contributed by atoms with Crippen LogP contribution in [0.1, 0.15) is 26.7 Å². The van der Waals surface area contributed by atoms with E-state index in [1.807, 2.05) is 0 Å². The SMILES string of the molecule is C=C1CC[C@H](NC(C)C)CN1C. The molecule has 1 atom stereocenters. The number of nitrogens with zero attached hydrogens (tertiary/aromatic N) is 1.